The van der Waals surface area contributed by atoms with Gasteiger partial charge in [-0.25, -0.2) is 0 Å². The molecule has 7 heavy (non-hydrogen) atoms. The highest BCUT2D eigenvalue weighted by Crippen LogP contribution is 1.85. The van der Waals surface area contributed by atoms with Gasteiger partial charge in [0.1, 0.15) is 6.29 Å². The zero-order valence-electron chi connectivity index (χ0n) is 4.00. The summed E-state index contributed by atoms with van der Waals surface area (Å²) in [6, 6.07) is 0. The molecule has 0 aliphatic heterocycles. The van der Waals surface area contributed by atoms with E-state index in [9.17, 15) is 4.79 Å². The predicted molar refractivity (Wildman–Crippen MR) is 26.9 cm³/mol. The van der Waals surface area contributed by atoms with Crippen molar-refractivity contribution in [2.75, 3.05) is 0 Å². The van der Waals surface area contributed by atoms with Crippen molar-refractivity contribution in [2.45, 2.75) is 12.5 Å². The lowest BCUT2D eigenvalue weighted by Gasteiger charge is -1.92. The molecule has 0 aromatic carbocycles. The Hall–Kier alpha value is -0.630. The molecule has 1 atom stereocenters. The first-order valence-corrected chi connectivity index (χ1v) is 2.05. The minimum Gasteiger partial charge on any atom is -0.389 e. The van der Waals surface area contributed by atoms with Crippen molar-refractivity contribution >= 4 is 6.29 Å². The molecule has 0 heterocycles. The van der Waals surface area contributed by atoms with Crippen LogP contribution >= 0.6 is 0 Å². The molecular weight excluding hydrogens is 92.1 g/mol. The molecular formula is C5H8O2. The summed E-state index contributed by atoms with van der Waals surface area (Å²) in [7, 11) is 0. The quantitative estimate of drug-likeness (QED) is 0.404. The van der Waals surface area contributed by atoms with Crippen LogP contribution in [0.1, 0.15) is 6.42 Å². The number of aldehydes is 1. The summed E-state index contributed by atoms with van der Waals surface area (Å²) < 4.78 is 0. The number of hydrogen-bond acceptors (Lipinski definition) is 2. The fraction of sp³-hybridized carbons (Fsp3) is 0.400. The van der Waals surface area contributed by atoms with Crippen molar-refractivity contribution in [2.24, 2.45) is 0 Å². The van der Waals surface area contributed by atoms with E-state index in [1.165, 1.54) is 6.08 Å². The molecule has 0 amide bonds. The molecule has 0 aromatic rings. The third-order valence-corrected chi connectivity index (χ3v) is 0.610. The molecule has 0 radical (unpaired) electrons. The molecule has 0 rings (SSSR count). The molecule has 0 spiro atoms. The Morgan fingerprint density at radius 3 is 2.57 bits per heavy atom. The number of aliphatic hydroxyl groups excluding tert-OH is 1. The minimum atomic E-state index is -0.655. The second-order valence-electron chi connectivity index (χ2n) is 1.21. The Labute approximate surface area is 42.5 Å². The Kier molecular flexibility index (Phi) is 3.24. The van der Waals surface area contributed by atoms with Gasteiger partial charge in [0.15, 0.2) is 0 Å². The van der Waals surface area contributed by atoms with Gasteiger partial charge in [0, 0.05) is 6.42 Å². The minimum absolute atomic E-state index is 0.156. The number of hydrogen-bond donors (Lipinski definition) is 1. The van der Waals surface area contributed by atoms with Gasteiger partial charge in [-0.1, -0.05) is 6.08 Å². The van der Waals surface area contributed by atoms with Gasteiger partial charge in [0.25, 0.3) is 0 Å². The third-order valence-electron chi connectivity index (χ3n) is 0.610. The van der Waals surface area contributed by atoms with E-state index in [-0.39, 0.29) is 6.42 Å². The van der Waals surface area contributed by atoms with Gasteiger partial charge in [-0.2, -0.15) is 0 Å². The topological polar surface area (TPSA) is 37.3 Å². The predicted octanol–water partition coefficient (Wildman–Crippen LogP) is 0.122. The monoisotopic (exact) mass is 100 g/mol. The molecule has 0 aliphatic carbocycles. The summed E-state index contributed by atoms with van der Waals surface area (Å²) in [4.78, 5) is 9.57. The van der Waals surface area contributed by atoms with Crippen molar-refractivity contribution in [3.8, 4) is 0 Å². The molecule has 2 nitrogen and oxygen atoms in total. The van der Waals surface area contributed by atoms with Crippen LogP contribution in [0.25, 0.3) is 0 Å². The molecule has 1 N–H and O–H groups in total. The summed E-state index contributed by atoms with van der Waals surface area (Å²) >= 11 is 0. The highest BCUT2D eigenvalue weighted by Gasteiger charge is 1.91. The largest absolute Gasteiger partial charge is 0.389 e. The zero-order chi connectivity index (χ0) is 5.70. The number of carbonyl (C=O) groups excluding carboxylic acids is 1. The van der Waals surface area contributed by atoms with Crippen LogP contribution in [0, 0.1) is 0 Å². The van der Waals surface area contributed by atoms with Crippen LogP contribution in [-0.4, -0.2) is 17.5 Å². The lowest BCUT2D eigenvalue weighted by Crippen LogP contribution is -2.00. The maximum absolute atomic E-state index is 9.57. The zero-order valence-corrected chi connectivity index (χ0v) is 4.00. The molecule has 0 bridgehead atoms. The third kappa shape index (κ3) is 3.19. The van der Waals surface area contributed by atoms with E-state index in [1.54, 1.807) is 0 Å². The Morgan fingerprint density at radius 2 is 2.43 bits per heavy atom. The van der Waals surface area contributed by atoms with Crippen molar-refractivity contribution in [3.63, 3.8) is 0 Å². The van der Waals surface area contributed by atoms with Crippen LogP contribution in [0.5, 0.6) is 0 Å². The fourth-order valence-electron chi connectivity index (χ4n) is 0.195. The smallest absolute Gasteiger partial charge is 0.122 e. The number of aliphatic hydroxyl groups is 1. The van der Waals surface area contributed by atoms with Crippen LogP contribution in [0.4, 0.5) is 0 Å². The van der Waals surface area contributed by atoms with Crippen molar-refractivity contribution in [3.05, 3.63) is 12.7 Å². The second kappa shape index (κ2) is 3.56. The first kappa shape index (κ1) is 6.37. The first-order chi connectivity index (χ1) is 3.31. The Balaban J connectivity index is 3.15. The van der Waals surface area contributed by atoms with Gasteiger partial charge in [-0.05, 0) is 0 Å². The van der Waals surface area contributed by atoms with Gasteiger partial charge < -0.3 is 9.90 Å². The van der Waals surface area contributed by atoms with E-state index in [2.05, 4.69) is 6.58 Å². The SMILES string of the molecule is C=C[C@@H](O)CC=O. The van der Waals surface area contributed by atoms with E-state index < -0.39 is 6.10 Å². The summed E-state index contributed by atoms with van der Waals surface area (Å²) in [5, 5.41) is 8.51. The van der Waals surface area contributed by atoms with Crippen molar-refractivity contribution < 1.29 is 9.90 Å². The highest BCUT2D eigenvalue weighted by atomic mass is 16.3. The summed E-state index contributed by atoms with van der Waals surface area (Å²) in [6.07, 6.45) is 1.49. The maximum atomic E-state index is 9.57. The fourth-order valence-corrected chi connectivity index (χ4v) is 0.195. The van der Waals surface area contributed by atoms with Crippen LogP contribution in [0.15, 0.2) is 12.7 Å². The van der Waals surface area contributed by atoms with E-state index >= 15 is 0 Å². The van der Waals surface area contributed by atoms with Crippen LogP contribution in [0.2, 0.25) is 0 Å². The standard InChI is InChI=1S/C5H8O2/c1-2-5(7)3-4-6/h2,4-5,7H,1,3H2/t5-/m1/s1. The number of carbonyl (C=O) groups is 1. The molecule has 0 saturated heterocycles. The van der Waals surface area contributed by atoms with Crippen molar-refractivity contribution in [1.29, 1.82) is 0 Å². The summed E-state index contributed by atoms with van der Waals surface area (Å²) in [6.45, 7) is 3.27. The molecule has 0 saturated carbocycles. The molecule has 40 valence electrons. The van der Waals surface area contributed by atoms with E-state index in [1.807, 2.05) is 0 Å². The van der Waals surface area contributed by atoms with Gasteiger partial charge in [-0.15, -0.1) is 6.58 Å². The Morgan fingerprint density at radius 1 is 1.86 bits per heavy atom. The molecule has 2 heteroatoms. The lowest BCUT2D eigenvalue weighted by atomic mass is 10.3. The van der Waals surface area contributed by atoms with Crippen molar-refractivity contribution in [1.82, 2.24) is 0 Å². The van der Waals surface area contributed by atoms with Crippen LogP contribution in [0.3, 0.4) is 0 Å². The molecule has 0 aromatic heterocycles. The van der Waals surface area contributed by atoms with Gasteiger partial charge in [0.2, 0.25) is 0 Å². The molecule has 0 fully saturated rings. The summed E-state index contributed by atoms with van der Waals surface area (Å²) in [5.41, 5.74) is 0. The number of rotatable bonds is 3. The maximum Gasteiger partial charge on any atom is 0.122 e. The highest BCUT2D eigenvalue weighted by molar-refractivity contribution is 5.50. The van der Waals surface area contributed by atoms with Gasteiger partial charge in [0.05, 0.1) is 6.10 Å². The van der Waals surface area contributed by atoms with E-state index in [0.29, 0.717) is 6.29 Å². The normalized spacial score (nSPS) is 12.7. The van der Waals surface area contributed by atoms with E-state index in [4.69, 9.17) is 5.11 Å². The first-order valence-electron chi connectivity index (χ1n) is 2.05. The molecule has 0 aliphatic rings. The molecule has 0 unspecified atom stereocenters. The van der Waals surface area contributed by atoms with Crippen LogP contribution < -0.4 is 0 Å². The average Bonchev–Trinajstić information content (AvgIpc) is 1.68. The van der Waals surface area contributed by atoms with Gasteiger partial charge in [-0.3, -0.25) is 0 Å². The Bertz CT molecular complexity index is 68.5. The second-order valence-corrected chi connectivity index (χ2v) is 1.21. The average molecular weight is 100 g/mol. The van der Waals surface area contributed by atoms with Crippen LogP contribution in [-0.2, 0) is 4.79 Å². The van der Waals surface area contributed by atoms with E-state index in [0.717, 1.165) is 0 Å². The van der Waals surface area contributed by atoms with Gasteiger partial charge >= 0.3 is 0 Å². The summed E-state index contributed by atoms with van der Waals surface area (Å²) in [5.74, 6) is 0. The lowest BCUT2D eigenvalue weighted by molar-refractivity contribution is -0.109.